The highest BCUT2D eigenvalue weighted by atomic mass is 19.1. The Balaban J connectivity index is 2.34. The minimum atomic E-state index is -1.27. The maximum absolute atomic E-state index is 13.7. The lowest BCUT2D eigenvalue weighted by Crippen LogP contribution is -2.15. The summed E-state index contributed by atoms with van der Waals surface area (Å²) < 4.78 is 27.2. The molecule has 108 valence electrons. The minimum Gasteiger partial charge on any atom is -0.322 e. The number of amides is 1. The van der Waals surface area contributed by atoms with Crippen LogP contribution in [-0.4, -0.2) is 10.8 Å². The first-order chi connectivity index (χ1) is 9.90. The maximum Gasteiger partial charge on any atom is 0.307 e. The number of para-hydroxylation sites is 1. The lowest BCUT2D eigenvalue weighted by molar-refractivity contribution is -0.387. The summed E-state index contributed by atoms with van der Waals surface area (Å²) in [5, 5.41) is 12.9. The number of halogens is 2. The molecule has 0 fully saturated rings. The average molecular weight is 292 g/mol. The van der Waals surface area contributed by atoms with Gasteiger partial charge in [-0.05, 0) is 24.6 Å². The number of anilines is 1. The molecule has 0 saturated carbocycles. The van der Waals surface area contributed by atoms with Gasteiger partial charge in [0.1, 0.15) is 5.82 Å². The number of rotatable bonds is 3. The van der Waals surface area contributed by atoms with E-state index < -0.39 is 33.7 Å². The van der Waals surface area contributed by atoms with Crippen molar-refractivity contribution >= 4 is 17.3 Å². The number of aryl methyl sites for hydroxylation is 1. The normalized spacial score (nSPS) is 10.2. The Morgan fingerprint density at radius 1 is 1.19 bits per heavy atom. The zero-order chi connectivity index (χ0) is 15.6. The Labute approximate surface area is 118 Å². The van der Waals surface area contributed by atoms with Crippen LogP contribution in [0.5, 0.6) is 0 Å². The highest BCUT2D eigenvalue weighted by molar-refractivity contribution is 6.05. The molecule has 0 radical (unpaired) electrons. The number of nitro benzene ring substituents is 1. The number of nitro groups is 1. The molecule has 0 spiro atoms. The molecule has 0 aliphatic heterocycles. The molecule has 2 rings (SSSR count). The third-order valence-electron chi connectivity index (χ3n) is 2.87. The summed E-state index contributed by atoms with van der Waals surface area (Å²) in [6.07, 6.45) is 0. The second kappa shape index (κ2) is 5.66. The van der Waals surface area contributed by atoms with E-state index in [0.29, 0.717) is 17.8 Å². The molecule has 0 saturated heterocycles. The van der Waals surface area contributed by atoms with Crippen LogP contribution in [0.2, 0.25) is 0 Å². The van der Waals surface area contributed by atoms with Gasteiger partial charge in [-0.3, -0.25) is 14.9 Å². The minimum absolute atomic E-state index is 0.391. The molecule has 1 amide bonds. The van der Waals surface area contributed by atoms with E-state index in [1.54, 1.807) is 31.2 Å². The zero-order valence-electron chi connectivity index (χ0n) is 10.9. The Bertz CT molecular complexity index is 732. The van der Waals surface area contributed by atoms with Crippen LogP contribution in [0.15, 0.2) is 36.4 Å². The second-order valence-electron chi connectivity index (χ2n) is 4.31. The monoisotopic (exact) mass is 292 g/mol. The Morgan fingerprint density at radius 3 is 2.48 bits per heavy atom. The lowest BCUT2D eigenvalue weighted by Gasteiger charge is -2.08. The topological polar surface area (TPSA) is 72.2 Å². The molecule has 0 unspecified atom stereocenters. The number of nitrogens with zero attached hydrogens (tertiary/aromatic N) is 1. The number of carbonyl (C=O) groups excluding carboxylic acids is 1. The largest absolute Gasteiger partial charge is 0.322 e. The third kappa shape index (κ3) is 3.02. The van der Waals surface area contributed by atoms with Gasteiger partial charge in [0.05, 0.1) is 16.6 Å². The van der Waals surface area contributed by atoms with Crippen molar-refractivity contribution in [3.63, 3.8) is 0 Å². The Morgan fingerprint density at radius 2 is 1.86 bits per heavy atom. The predicted molar refractivity (Wildman–Crippen MR) is 72.1 cm³/mol. The molecular formula is C14H10F2N2O3. The molecule has 2 aromatic rings. The highest BCUT2D eigenvalue weighted by Crippen LogP contribution is 2.22. The van der Waals surface area contributed by atoms with Crippen LogP contribution in [0, 0.1) is 28.7 Å². The van der Waals surface area contributed by atoms with Gasteiger partial charge in [0.15, 0.2) is 0 Å². The second-order valence-corrected chi connectivity index (χ2v) is 4.31. The van der Waals surface area contributed by atoms with Crippen LogP contribution < -0.4 is 5.32 Å². The molecule has 5 nitrogen and oxygen atoms in total. The van der Waals surface area contributed by atoms with Crippen molar-refractivity contribution in [2.24, 2.45) is 0 Å². The van der Waals surface area contributed by atoms with E-state index in [-0.39, 0.29) is 0 Å². The van der Waals surface area contributed by atoms with Crippen molar-refractivity contribution in [2.75, 3.05) is 5.32 Å². The van der Waals surface area contributed by atoms with Crippen LogP contribution in [0.4, 0.5) is 20.2 Å². The molecule has 0 atom stereocenters. The number of carbonyl (C=O) groups is 1. The van der Waals surface area contributed by atoms with Crippen LogP contribution in [-0.2, 0) is 0 Å². The van der Waals surface area contributed by atoms with Gasteiger partial charge < -0.3 is 5.32 Å². The van der Waals surface area contributed by atoms with E-state index in [2.05, 4.69) is 5.32 Å². The summed E-state index contributed by atoms with van der Waals surface area (Å²) in [5.74, 6) is -3.30. The van der Waals surface area contributed by atoms with Crippen LogP contribution in [0.25, 0.3) is 0 Å². The quantitative estimate of drug-likeness (QED) is 0.695. The van der Waals surface area contributed by atoms with E-state index in [0.717, 1.165) is 5.56 Å². The third-order valence-corrected chi connectivity index (χ3v) is 2.87. The zero-order valence-corrected chi connectivity index (χ0v) is 10.9. The van der Waals surface area contributed by atoms with Gasteiger partial charge in [0.2, 0.25) is 5.82 Å². The molecule has 0 aromatic heterocycles. The summed E-state index contributed by atoms with van der Waals surface area (Å²) in [4.78, 5) is 21.4. The molecule has 0 bridgehead atoms. The summed E-state index contributed by atoms with van der Waals surface area (Å²) in [6, 6.07) is 7.69. The number of hydrogen-bond acceptors (Lipinski definition) is 3. The van der Waals surface area contributed by atoms with Gasteiger partial charge in [0.25, 0.3) is 5.91 Å². The van der Waals surface area contributed by atoms with Crippen molar-refractivity contribution in [3.8, 4) is 0 Å². The van der Waals surface area contributed by atoms with Gasteiger partial charge in [-0.25, -0.2) is 4.39 Å². The van der Waals surface area contributed by atoms with E-state index in [1.807, 2.05) is 0 Å². The summed E-state index contributed by atoms with van der Waals surface area (Å²) in [5.41, 5.74) is -0.421. The molecule has 1 N–H and O–H groups in total. The first kappa shape index (κ1) is 14.6. The fourth-order valence-corrected chi connectivity index (χ4v) is 1.75. The molecule has 2 aromatic carbocycles. The van der Waals surface area contributed by atoms with Crippen LogP contribution >= 0.6 is 0 Å². The maximum atomic E-state index is 13.7. The molecule has 0 aliphatic rings. The van der Waals surface area contributed by atoms with Crippen LogP contribution in [0.3, 0.4) is 0 Å². The molecular weight excluding hydrogens is 282 g/mol. The summed E-state index contributed by atoms with van der Waals surface area (Å²) >= 11 is 0. The standard InChI is InChI=1S/C14H10F2N2O3/c1-8-4-2-3-5-12(8)17-14(19)9-6-11(16)13(18(20)21)7-10(9)15/h2-7H,1H3,(H,17,19). The summed E-state index contributed by atoms with van der Waals surface area (Å²) in [6.45, 7) is 1.74. The SMILES string of the molecule is Cc1ccccc1NC(=O)c1cc(F)c([N+](=O)[O-])cc1F. The van der Waals surface area contributed by atoms with E-state index >= 15 is 0 Å². The highest BCUT2D eigenvalue weighted by Gasteiger charge is 2.22. The molecule has 0 heterocycles. The smallest absolute Gasteiger partial charge is 0.307 e. The Hall–Kier alpha value is -2.83. The van der Waals surface area contributed by atoms with Gasteiger partial charge in [-0.15, -0.1) is 0 Å². The predicted octanol–water partition coefficient (Wildman–Crippen LogP) is 3.43. The van der Waals surface area contributed by atoms with Crippen LogP contribution in [0.1, 0.15) is 15.9 Å². The molecule has 21 heavy (non-hydrogen) atoms. The lowest BCUT2D eigenvalue weighted by atomic mass is 10.1. The Kier molecular flexibility index (Phi) is 3.93. The van der Waals surface area contributed by atoms with Crippen molar-refractivity contribution < 1.29 is 18.5 Å². The van der Waals surface area contributed by atoms with Crippen molar-refractivity contribution in [1.82, 2.24) is 0 Å². The van der Waals surface area contributed by atoms with E-state index in [9.17, 15) is 23.7 Å². The van der Waals surface area contributed by atoms with Crippen molar-refractivity contribution in [1.29, 1.82) is 0 Å². The first-order valence-electron chi connectivity index (χ1n) is 5.90. The van der Waals surface area contributed by atoms with Gasteiger partial charge in [-0.2, -0.15) is 4.39 Å². The number of nitrogens with one attached hydrogen (secondary N) is 1. The van der Waals surface area contributed by atoms with Gasteiger partial charge in [-0.1, -0.05) is 18.2 Å². The first-order valence-corrected chi connectivity index (χ1v) is 5.90. The van der Waals surface area contributed by atoms with E-state index in [1.165, 1.54) is 0 Å². The molecule has 0 aliphatic carbocycles. The number of benzene rings is 2. The van der Waals surface area contributed by atoms with Gasteiger partial charge in [0, 0.05) is 5.69 Å². The molecule has 7 heteroatoms. The van der Waals surface area contributed by atoms with Crippen molar-refractivity contribution in [2.45, 2.75) is 6.92 Å². The average Bonchev–Trinajstić information content (AvgIpc) is 2.43. The van der Waals surface area contributed by atoms with Gasteiger partial charge >= 0.3 is 5.69 Å². The summed E-state index contributed by atoms with van der Waals surface area (Å²) in [7, 11) is 0. The fraction of sp³-hybridized carbons (Fsp3) is 0.0714. The van der Waals surface area contributed by atoms with Crippen molar-refractivity contribution in [3.05, 3.63) is 69.3 Å². The van der Waals surface area contributed by atoms with E-state index in [4.69, 9.17) is 0 Å². The fourth-order valence-electron chi connectivity index (χ4n) is 1.75. The number of hydrogen-bond donors (Lipinski definition) is 1.